The minimum absolute atomic E-state index is 0. The number of hydrogen-bond acceptors (Lipinski definition) is 2. The van der Waals surface area contributed by atoms with Gasteiger partial charge in [0.2, 0.25) is 5.91 Å². The van der Waals surface area contributed by atoms with E-state index in [1.807, 2.05) is 0 Å². The quantitative estimate of drug-likeness (QED) is 0.539. The van der Waals surface area contributed by atoms with Crippen LogP contribution >= 0.6 is 0 Å². The van der Waals surface area contributed by atoms with Gasteiger partial charge in [-0.05, 0) is 24.3 Å². The van der Waals surface area contributed by atoms with Gasteiger partial charge in [0, 0.05) is 29.7 Å². The van der Waals surface area contributed by atoms with E-state index in [9.17, 15) is 4.79 Å². The first kappa shape index (κ1) is 11.0. The van der Waals surface area contributed by atoms with Crippen molar-refractivity contribution >= 4 is 11.6 Å². The molecule has 1 rings (SSSR count). The van der Waals surface area contributed by atoms with Crippen LogP contribution in [0.15, 0.2) is 24.3 Å². The van der Waals surface area contributed by atoms with Crippen LogP contribution in [0.3, 0.4) is 0 Å². The van der Waals surface area contributed by atoms with Crippen molar-refractivity contribution in [1.29, 1.82) is 0 Å². The van der Waals surface area contributed by atoms with Crippen molar-refractivity contribution in [1.82, 2.24) is 0 Å². The normalized spacial score (nSPS) is 8.42. The first-order chi connectivity index (χ1) is 5.18. The van der Waals surface area contributed by atoms with Crippen molar-refractivity contribution in [2.45, 2.75) is 6.92 Å². The molecule has 1 amide bonds. The van der Waals surface area contributed by atoms with Gasteiger partial charge in [-0.1, -0.05) is 0 Å². The zero-order valence-corrected chi connectivity index (χ0v) is 7.62. The van der Waals surface area contributed by atoms with E-state index in [1.54, 1.807) is 12.1 Å². The number of rotatable bonds is 1. The van der Waals surface area contributed by atoms with E-state index < -0.39 is 0 Å². The van der Waals surface area contributed by atoms with Crippen LogP contribution in [0.2, 0.25) is 0 Å². The molecule has 0 radical (unpaired) electrons. The van der Waals surface area contributed by atoms with Crippen LogP contribution in [-0.4, -0.2) is 11.0 Å². The Hall–Kier alpha value is -0.991. The van der Waals surface area contributed by atoms with Crippen molar-refractivity contribution in [3.8, 4) is 5.75 Å². The van der Waals surface area contributed by atoms with Gasteiger partial charge in [-0.25, -0.2) is 0 Å². The summed E-state index contributed by atoms with van der Waals surface area (Å²) in [6, 6.07) is 6.31. The molecule has 0 saturated heterocycles. The second-order valence-corrected chi connectivity index (χ2v) is 2.23. The fourth-order valence-corrected chi connectivity index (χ4v) is 0.748. The van der Waals surface area contributed by atoms with Crippen LogP contribution < -0.4 is 5.32 Å². The van der Waals surface area contributed by atoms with Gasteiger partial charge in [-0.15, -0.1) is 0 Å². The summed E-state index contributed by atoms with van der Waals surface area (Å²) in [7, 11) is 0. The molecule has 1 aromatic carbocycles. The molecular formula is C8H9FeNO2. The van der Waals surface area contributed by atoms with Crippen LogP contribution in [0, 0.1) is 0 Å². The molecule has 4 heteroatoms. The van der Waals surface area contributed by atoms with Crippen LogP contribution in [-0.2, 0) is 21.9 Å². The number of amides is 1. The van der Waals surface area contributed by atoms with Crippen molar-refractivity contribution < 1.29 is 27.0 Å². The molecule has 0 heterocycles. The first-order valence-electron chi connectivity index (χ1n) is 3.25. The number of phenols is 1. The molecule has 0 aliphatic heterocycles. The third-order valence-corrected chi connectivity index (χ3v) is 1.19. The molecule has 0 aromatic heterocycles. The fraction of sp³-hybridized carbons (Fsp3) is 0.125. The first-order valence-corrected chi connectivity index (χ1v) is 3.25. The van der Waals surface area contributed by atoms with E-state index in [4.69, 9.17) is 5.11 Å². The Labute approximate surface area is 81.3 Å². The summed E-state index contributed by atoms with van der Waals surface area (Å²) in [6.07, 6.45) is 0. The van der Waals surface area contributed by atoms with E-state index in [-0.39, 0.29) is 28.7 Å². The number of aromatic hydroxyl groups is 1. The molecule has 0 saturated carbocycles. The second kappa shape index (κ2) is 4.80. The number of carbonyl (C=O) groups is 1. The predicted molar refractivity (Wildman–Crippen MR) is 42.4 cm³/mol. The summed E-state index contributed by atoms with van der Waals surface area (Å²) in [6.45, 7) is 1.44. The molecule has 2 N–H and O–H groups in total. The molecule has 1 aromatic rings. The van der Waals surface area contributed by atoms with Crippen LogP contribution in [0.4, 0.5) is 5.69 Å². The SMILES string of the molecule is CC(=O)Nc1ccc(O)cc1.[Fe]. The van der Waals surface area contributed by atoms with Crippen molar-refractivity contribution in [2.24, 2.45) is 0 Å². The number of hydrogen-bond donors (Lipinski definition) is 2. The third kappa shape index (κ3) is 3.41. The van der Waals surface area contributed by atoms with Crippen LogP contribution in [0.1, 0.15) is 6.92 Å². The summed E-state index contributed by atoms with van der Waals surface area (Å²) in [4.78, 5) is 10.5. The topological polar surface area (TPSA) is 49.3 Å². The average molecular weight is 207 g/mol. The van der Waals surface area contributed by atoms with Gasteiger partial charge in [0.15, 0.2) is 0 Å². The Morgan fingerprint density at radius 1 is 1.33 bits per heavy atom. The standard InChI is InChI=1S/C8H9NO2.Fe/c1-6(10)9-7-2-4-8(11)5-3-7;/h2-5,11H,1H3,(H,9,10);. The van der Waals surface area contributed by atoms with E-state index in [0.717, 1.165) is 0 Å². The van der Waals surface area contributed by atoms with Gasteiger partial charge in [-0.2, -0.15) is 0 Å². The molecule has 0 aliphatic rings. The molecule has 0 fully saturated rings. The van der Waals surface area contributed by atoms with Gasteiger partial charge in [-0.3, -0.25) is 4.79 Å². The van der Waals surface area contributed by atoms with Crippen molar-refractivity contribution in [3.05, 3.63) is 24.3 Å². The Morgan fingerprint density at radius 3 is 2.25 bits per heavy atom. The summed E-state index contributed by atoms with van der Waals surface area (Å²) in [5.74, 6) is 0.0785. The molecule has 0 bridgehead atoms. The number of phenolic OH excluding ortho intramolecular Hbond substituents is 1. The summed E-state index contributed by atoms with van der Waals surface area (Å²) >= 11 is 0. The Morgan fingerprint density at radius 2 is 1.83 bits per heavy atom. The van der Waals surface area contributed by atoms with Crippen molar-refractivity contribution in [3.63, 3.8) is 0 Å². The van der Waals surface area contributed by atoms with Crippen LogP contribution in [0.5, 0.6) is 5.75 Å². The maximum absolute atomic E-state index is 10.5. The molecule has 3 nitrogen and oxygen atoms in total. The van der Waals surface area contributed by atoms with E-state index >= 15 is 0 Å². The zero-order valence-electron chi connectivity index (χ0n) is 6.52. The molecule has 66 valence electrons. The van der Waals surface area contributed by atoms with Gasteiger partial charge < -0.3 is 10.4 Å². The largest absolute Gasteiger partial charge is 0.508 e. The molecule has 0 spiro atoms. The smallest absolute Gasteiger partial charge is 0.221 e. The van der Waals surface area contributed by atoms with Crippen molar-refractivity contribution in [2.75, 3.05) is 5.32 Å². The summed E-state index contributed by atoms with van der Waals surface area (Å²) < 4.78 is 0. The Kier molecular flexibility index (Phi) is 4.40. The zero-order chi connectivity index (χ0) is 8.27. The van der Waals surface area contributed by atoms with Gasteiger partial charge >= 0.3 is 0 Å². The van der Waals surface area contributed by atoms with Gasteiger partial charge in [0.1, 0.15) is 5.75 Å². The molecule has 0 atom stereocenters. The minimum Gasteiger partial charge on any atom is -0.508 e. The molecular weight excluding hydrogens is 198 g/mol. The number of nitrogens with one attached hydrogen (secondary N) is 1. The average Bonchev–Trinajstić information content (AvgIpc) is 1.93. The maximum atomic E-state index is 10.5. The number of carbonyl (C=O) groups excluding carboxylic acids is 1. The Balaban J connectivity index is 0.00000121. The Bertz CT molecular complexity index is 258. The summed E-state index contributed by atoms with van der Waals surface area (Å²) in [5, 5.41) is 11.5. The van der Waals surface area contributed by atoms with E-state index in [2.05, 4.69) is 5.32 Å². The predicted octanol–water partition coefficient (Wildman–Crippen LogP) is 1.35. The van der Waals surface area contributed by atoms with Gasteiger partial charge in [0.25, 0.3) is 0 Å². The van der Waals surface area contributed by atoms with E-state index in [1.165, 1.54) is 19.1 Å². The third-order valence-electron chi connectivity index (χ3n) is 1.19. The number of benzene rings is 1. The molecule has 0 unspecified atom stereocenters. The van der Waals surface area contributed by atoms with E-state index in [0.29, 0.717) is 5.69 Å². The number of anilines is 1. The monoisotopic (exact) mass is 207 g/mol. The summed E-state index contributed by atoms with van der Waals surface area (Å²) in [5.41, 5.74) is 0.690. The maximum Gasteiger partial charge on any atom is 0.221 e. The molecule has 12 heavy (non-hydrogen) atoms. The fourth-order valence-electron chi connectivity index (χ4n) is 0.748. The molecule has 0 aliphatic carbocycles. The van der Waals surface area contributed by atoms with Crippen LogP contribution in [0.25, 0.3) is 0 Å². The second-order valence-electron chi connectivity index (χ2n) is 2.23. The minimum atomic E-state index is -0.115. The van der Waals surface area contributed by atoms with Gasteiger partial charge in [0.05, 0.1) is 0 Å².